The standard InChI is InChI=1S/C25H21F3N2O6S/c1-2-35-24(32)16-6-9-19(10-7-16)29-23(31)17-8-11-22-21(14-17)30(12-13-36-22)37(33,34)20-5-3-4-18(15-20)25(26,27)28/h3-11,14-15H,2,12-13H2,1H3,(H,29,31). The fraction of sp³-hybridized carbons (Fsp3) is 0.200. The molecule has 0 unspecified atom stereocenters. The molecule has 4 rings (SSSR count). The molecule has 0 saturated carbocycles. The summed E-state index contributed by atoms with van der Waals surface area (Å²) >= 11 is 0. The second-order valence-corrected chi connectivity index (χ2v) is 9.75. The highest BCUT2D eigenvalue weighted by atomic mass is 32.2. The topological polar surface area (TPSA) is 102 Å². The molecule has 3 aromatic carbocycles. The number of sulfonamides is 1. The van der Waals surface area contributed by atoms with E-state index in [-0.39, 0.29) is 36.8 Å². The summed E-state index contributed by atoms with van der Waals surface area (Å²) in [5.41, 5.74) is -0.303. The molecule has 12 heteroatoms. The largest absolute Gasteiger partial charge is 0.489 e. The molecule has 8 nitrogen and oxygen atoms in total. The first-order valence-electron chi connectivity index (χ1n) is 11.1. The number of rotatable bonds is 6. The van der Waals surface area contributed by atoms with E-state index in [1.165, 1.54) is 42.5 Å². The van der Waals surface area contributed by atoms with Gasteiger partial charge in [-0.25, -0.2) is 13.2 Å². The van der Waals surface area contributed by atoms with Crippen molar-refractivity contribution in [2.24, 2.45) is 0 Å². The van der Waals surface area contributed by atoms with Gasteiger partial charge in [-0.15, -0.1) is 0 Å². The van der Waals surface area contributed by atoms with E-state index in [9.17, 15) is 31.2 Å². The summed E-state index contributed by atoms with van der Waals surface area (Å²) in [5.74, 6) is -0.914. The molecule has 0 saturated heterocycles. The Balaban J connectivity index is 1.60. The first kappa shape index (κ1) is 26.0. The van der Waals surface area contributed by atoms with Crippen LogP contribution in [-0.4, -0.2) is 40.1 Å². The number of nitrogens with zero attached hydrogens (tertiary/aromatic N) is 1. The van der Waals surface area contributed by atoms with E-state index in [0.717, 1.165) is 22.5 Å². The average Bonchev–Trinajstić information content (AvgIpc) is 2.88. The number of benzene rings is 3. The smallest absolute Gasteiger partial charge is 0.416 e. The molecule has 1 heterocycles. The third kappa shape index (κ3) is 5.53. The first-order chi connectivity index (χ1) is 17.5. The fourth-order valence-electron chi connectivity index (χ4n) is 3.65. The summed E-state index contributed by atoms with van der Waals surface area (Å²) in [7, 11) is -4.40. The van der Waals surface area contributed by atoms with Crippen LogP contribution in [0.15, 0.2) is 71.6 Å². The number of nitrogens with one attached hydrogen (secondary N) is 1. The molecular formula is C25H21F3N2O6S. The molecule has 37 heavy (non-hydrogen) atoms. The van der Waals surface area contributed by atoms with Gasteiger partial charge < -0.3 is 14.8 Å². The van der Waals surface area contributed by atoms with E-state index < -0.39 is 38.5 Å². The van der Waals surface area contributed by atoms with Gasteiger partial charge in [0.15, 0.2) is 0 Å². The fourth-order valence-corrected chi connectivity index (χ4v) is 5.15. The maximum Gasteiger partial charge on any atom is 0.416 e. The van der Waals surface area contributed by atoms with E-state index in [4.69, 9.17) is 9.47 Å². The predicted molar refractivity (Wildman–Crippen MR) is 128 cm³/mol. The van der Waals surface area contributed by atoms with Crippen molar-refractivity contribution in [3.8, 4) is 5.75 Å². The van der Waals surface area contributed by atoms with Gasteiger partial charge in [0.1, 0.15) is 12.4 Å². The lowest BCUT2D eigenvalue weighted by Gasteiger charge is -2.31. The van der Waals surface area contributed by atoms with Gasteiger partial charge >= 0.3 is 12.1 Å². The number of amides is 1. The second kappa shape index (κ2) is 10.1. The minimum atomic E-state index is -4.71. The summed E-state index contributed by atoms with van der Waals surface area (Å²) in [4.78, 5) is 24.1. The molecule has 0 aromatic heterocycles. The normalized spacial score (nSPS) is 13.4. The maximum absolute atomic E-state index is 13.3. The van der Waals surface area contributed by atoms with Gasteiger partial charge in [0.05, 0.1) is 34.9 Å². The highest BCUT2D eigenvalue weighted by Gasteiger charge is 2.35. The number of alkyl halides is 3. The quantitative estimate of drug-likeness (QED) is 0.459. The Hall–Kier alpha value is -4.06. The summed E-state index contributed by atoms with van der Waals surface area (Å²) in [6, 6.07) is 13.6. The van der Waals surface area contributed by atoms with E-state index in [1.807, 2.05) is 0 Å². The lowest BCUT2D eigenvalue weighted by atomic mass is 10.1. The molecule has 1 aliphatic rings. The summed E-state index contributed by atoms with van der Waals surface area (Å²) < 4.78 is 77.4. The van der Waals surface area contributed by atoms with Crippen LogP contribution >= 0.6 is 0 Å². The van der Waals surface area contributed by atoms with E-state index >= 15 is 0 Å². The molecule has 1 aliphatic heterocycles. The Kier molecular flexibility index (Phi) is 7.12. The number of ether oxygens (including phenoxy) is 2. The number of esters is 1. The molecule has 194 valence electrons. The predicted octanol–water partition coefficient (Wildman–Crippen LogP) is 4.72. The summed E-state index contributed by atoms with van der Waals surface area (Å²) in [5, 5.41) is 2.65. The van der Waals surface area contributed by atoms with Crippen LogP contribution in [0.25, 0.3) is 0 Å². The Bertz CT molecular complexity index is 1440. The molecule has 0 bridgehead atoms. The van der Waals surface area contributed by atoms with E-state index in [2.05, 4.69) is 5.32 Å². The van der Waals surface area contributed by atoms with Gasteiger partial charge in [-0.1, -0.05) is 6.07 Å². The van der Waals surface area contributed by atoms with Crippen LogP contribution in [0, 0.1) is 0 Å². The molecule has 0 spiro atoms. The zero-order valence-corrected chi connectivity index (χ0v) is 20.2. The van der Waals surface area contributed by atoms with Gasteiger partial charge in [0, 0.05) is 11.3 Å². The highest BCUT2D eigenvalue weighted by Crippen LogP contribution is 2.37. The Morgan fingerprint density at radius 3 is 2.41 bits per heavy atom. The Labute approximate surface area is 210 Å². The van der Waals surface area contributed by atoms with Crippen LogP contribution in [0.4, 0.5) is 24.5 Å². The maximum atomic E-state index is 13.3. The van der Waals surface area contributed by atoms with Crippen LogP contribution in [0.2, 0.25) is 0 Å². The molecule has 3 aromatic rings. The molecule has 0 atom stereocenters. The van der Waals surface area contributed by atoms with Crippen molar-refractivity contribution in [2.45, 2.75) is 18.0 Å². The number of hydrogen-bond donors (Lipinski definition) is 1. The van der Waals surface area contributed by atoms with Gasteiger partial charge in [0.2, 0.25) is 0 Å². The zero-order chi connectivity index (χ0) is 26.8. The minimum absolute atomic E-state index is 0.0222. The molecule has 0 fully saturated rings. The Morgan fingerprint density at radius 2 is 1.73 bits per heavy atom. The van der Waals surface area contributed by atoms with Crippen LogP contribution in [0.3, 0.4) is 0 Å². The summed E-state index contributed by atoms with van der Waals surface area (Å²) in [6.45, 7) is 1.72. The number of carbonyl (C=O) groups is 2. The zero-order valence-electron chi connectivity index (χ0n) is 19.4. The monoisotopic (exact) mass is 534 g/mol. The molecule has 0 aliphatic carbocycles. The van der Waals surface area contributed by atoms with Crippen LogP contribution in [0.1, 0.15) is 33.2 Å². The van der Waals surface area contributed by atoms with Crippen molar-refractivity contribution in [3.05, 3.63) is 83.4 Å². The van der Waals surface area contributed by atoms with Crippen LogP contribution < -0.4 is 14.4 Å². The van der Waals surface area contributed by atoms with Crippen molar-refractivity contribution in [1.29, 1.82) is 0 Å². The van der Waals surface area contributed by atoms with Crippen molar-refractivity contribution >= 4 is 33.3 Å². The van der Waals surface area contributed by atoms with Gasteiger partial charge in [-0.3, -0.25) is 9.10 Å². The average molecular weight is 535 g/mol. The van der Waals surface area contributed by atoms with Gasteiger partial charge in [-0.2, -0.15) is 13.2 Å². The first-order valence-corrected chi connectivity index (χ1v) is 12.5. The number of carbonyl (C=O) groups excluding carboxylic acids is 2. The molecule has 1 amide bonds. The second-order valence-electron chi connectivity index (χ2n) is 7.89. The van der Waals surface area contributed by atoms with Gasteiger partial charge in [-0.05, 0) is 67.6 Å². The highest BCUT2D eigenvalue weighted by molar-refractivity contribution is 7.92. The molecule has 1 N–H and O–H groups in total. The lowest BCUT2D eigenvalue weighted by molar-refractivity contribution is -0.137. The number of fused-ring (bicyclic) bond motifs is 1. The summed E-state index contributed by atoms with van der Waals surface area (Å²) in [6.07, 6.45) is -4.71. The SMILES string of the molecule is CCOC(=O)c1ccc(NC(=O)c2ccc3c(c2)N(S(=O)(=O)c2cccc(C(F)(F)F)c2)CCO3)cc1. The van der Waals surface area contributed by atoms with Crippen LogP contribution in [-0.2, 0) is 20.9 Å². The lowest BCUT2D eigenvalue weighted by Crippen LogP contribution is -2.38. The van der Waals surface area contributed by atoms with Crippen LogP contribution in [0.5, 0.6) is 5.75 Å². The van der Waals surface area contributed by atoms with Gasteiger partial charge in [0.25, 0.3) is 15.9 Å². The van der Waals surface area contributed by atoms with Crippen molar-refractivity contribution in [2.75, 3.05) is 29.4 Å². The van der Waals surface area contributed by atoms with E-state index in [0.29, 0.717) is 17.3 Å². The van der Waals surface area contributed by atoms with Crippen molar-refractivity contribution in [1.82, 2.24) is 0 Å². The number of anilines is 2. The minimum Gasteiger partial charge on any atom is -0.489 e. The van der Waals surface area contributed by atoms with Crippen molar-refractivity contribution in [3.63, 3.8) is 0 Å². The molecule has 0 radical (unpaired) electrons. The number of hydrogen-bond acceptors (Lipinski definition) is 6. The van der Waals surface area contributed by atoms with E-state index in [1.54, 1.807) is 6.92 Å². The molecular weight excluding hydrogens is 513 g/mol. The van der Waals surface area contributed by atoms with Crippen molar-refractivity contribution < 1.29 is 40.7 Å². The third-order valence-corrected chi connectivity index (χ3v) is 7.25. The third-order valence-electron chi connectivity index (χ3n) is 5.45. The number of halogens is 3. The Morgan fingerprint density at radius 1 is 1.03 bits per heavy atom.